The fourth-order valence-electron chi connectivity index (χ4n) is 2.63. The molecular weight excluding hydrogens is 304 g/mol. The third kappa shape index (κ3) is 3.48. The summed E-state index contributed by atoms with van der Waals surface area (Å²) in [7, 11) is 0. The van der Waals surface area contributed by atoms with Crippen molar-refractivity contribution in [1.29, 1.82) is 0 Å². The molecule has 0 radical (unpaired) electrons. The number of aromatic amines is 2. The summed E-state index contributed by atoms with van der Waals surface area (Å²) in [6.45, 7) is 2.13. The van der Waals surface area contributed by atoms with Crippen LogP contribution in [-0.2, 0) is 12.8 Å². The molecule has 4 heteroatoms. The molecule has 3 aromatic rings. The molecule has 0 fully saturated rings. The van der Waals surface area contributed by atoms with E-state index in [-0.39, 0.29) is 5.56 Å². The molecule has 0 aliphatic rings. The number of rotatable bonds is 4. The smallest absolute Gasteiger partial charge is 0.255 e. The second kappa shape index (κ2) is 6.75. The molecule has 0 saturated carbocycles. The predicted molar refractivity (Wildman–Crippen MR) is 96.3 cm³/mol. The minimum atomic E-state index is -0.132. The Kier molecular flexibility index (Phi) is 4.53. The number of aryl methyl sites for hydroxylation is 1. The zero-order valence-corrected chi connectivity index (χ0v) is 13.7. The van der Waals surface area contributed by atoms with Crippen LogP contribution >= 0.6 is 12.2 Å². The largest absolute Gasteiger partial charge is 0.331 e. The van der Waals surface area contributed by atoms with E-state index in [4.69, 9.17) is 12.2 Å². The highest BCUT2D eigenvalue weighted by atomic mass is 32.1. The molecule has 0 spiro atoms. The van der Waals surface area contributed by atoms with Crippen LogP contribution in [0, 0.1) is 4.77 Å². The van der Waals surface area contributed by atoms with Crippen LogP contribution in [0.3, 0.4) is 0 Å². The second-order valence-electron chi connectivity index (χ2n) is 5.47. The van der Waals surface area contributed by atoms with Gasteiger partial charge in [-0.05, 0) is 35.3 Å². The topological polar surface area (TPSA) is 48.6 Å². The Bertz CT molecular complexity index is 909. The van der Waals surface area contributed by atoms with E-state index in [0.717, 1.165) is 23.2 Å². The minimum Gasteiger partial charge on any atom is -0.331 e. The summed E-state index contributed by atoms with van der Waals surface area (Å²) in [5.74, 6) is 0. The molecule has 0 saturated heterocycles. The molecule has 0 aliphatic carbocycles. The van der Waals surface area contributed by atoms with Gasteiger partial charge in [0.15, 0.2) is 4.77 Å². The average Bonchev–Trinajstić information content (AvgIpc) is 2.58. The van der Waals surface area contributed by atoms with Crippen molar-refractivity contribution in [3.8, 4) is 11.3 Å². The highest BCUT2D eigenvalue weighted by molar-refractivity contribution is 7.71. The summed E-state index contributed by atoms with van der Waals surface area (Å²) in [6, 6.07) is 18.2. The van der Waals surface area contributed by atoms with Gasteiger partial charge in [0, 0.05) is 12.0 Å². The fraction of sp³-hybridized carbons (Fsp3) is 0.158. The molecule has 2 N–H and O–H groups in total. The van der Waals surface area contributed by atoms with Crippen molar-refractivity contribution in [2.75, 3.05) is 0 Å². The van der Waals surface area contributed by atoms with E-state index in [9.17, 15) is 4.79 Å². The number of benzene rings is 2. The number of aromatic nitrogens is 2. The van der Waals surface area contributed by atoms with E-state index >= 15 is 0 Å². The van der Waals surface area contributed by atoms with E-state index in [1.807, 2.05) is 30.3 Å². The van der Waals surface area contributed by atoms with Gasteiger partial charge in [0.2, 0.25) is 0 Å². The van der Waals surface area contributed by atoms with Crippen LogP contribution in [0.2, 0.25) is 0 Å². The van der Waals surface area contributed by atoms with Gasteiger partial charge in [-0.1, -0.05) is 61.5 Å². The van der Waals surface area contributed by atoms with Crippen LogP contribution in [0.25, 0.3) is 11.3 Å². The first-order valence-corrected chi connectivity index (χ1v) is 8.07. The monoisotopic (exact) mass is 322 g/mol. The van der Waals surface area contributed by atoms with E-state index < -0.39 is 0 Å². The lowest BCUT2D eigenvalue weighted by molar-refractivity contribution is 1.01. The number of hydrogen-bond donors (Lipinski definition) is 2. The zero-order valence-electron chi connectivity index (χ0n) is 12.9. The van der Waals surface area contributed by atoms with Crippen molar-refractivity contribution in [3.63, 3.8) is 0 Å². The molecule has 116 valence electrons. The van der Waals surface area contributed by atoms with E-state index in [2.05, 4.69) is 41.2 Å². The standard InChI is InChI=1S/C19H18N2OS/c1-2-13-8-10-14(11-9-13)12-16-17(15-6-4-3-5-7-15)20-19(23)21-18(16)22/h3-11H,2,12H2,1H3,(H2,20,21,22,23). The van der Waals surface area contributed by atoms with Crippen LogP contribution in [0.1, 0.15) is 23.6 Å². The quantitative estimate of drug-likeness (QED) is 0.705. The van der Waals surface area contributed by atoms with Gasteiger partial charge >= 0.3 is 0 Å². The second-order valence-corrected chi connectivity index (χ2v) is 5.88. The first-order chi connectivity index (χ1) is 11.2. The van der Waals surface area contributed by atoms with Crippen LogP contribution in [0.15, 0.2) is 59.4 Å². The summed E-state index contributed by atoms with van der Waals surface area (Å²) < 4.78 is 0.346. The SMILES string of the molecule is CCc1ccc(Cc2c(-c3ccccc3)[nH]c(=S)[nH]c2=O)cc1. The molecule has 3 rings (SSSR count). The van der Waals surface area contributed by atoms with Crippen molar-refractivity contribution in [2.24, 2.45) is 0 Å². The summed E-state index contributed by atoms with van der Waals surface area (Å²) >= 11 is 5.13. The molecule has 1 heterocycles. The molecule has 0 atom stereocenters. The van der Waals surface area contributed by atoms with Gasteiger partial charge in [-0.25, -0.2) is 0 Å². The average molecular weight is 322 g/mol. The van der Waals surface area contributed by atoms with Gasteiger partial charge in [0.25, 0.3) is 5.56 Å². The van der Waals surface area contributed by atoms with Gasteiger partial charge < -0.3 is 4.98 Å². The normalized spacial score (nSPS) is 10.7. The molecule has 3 nitrogen and oxygen atoms in total. The lowest BCUT2D eigenvalue weighted by Crippen LogP contribution is -2.16. The van der Waals surface area contributed by atoms with Crippen molar-refractivity contribution < 1.29 is 0 Å². The molecule has 0 aliphatic heterocycles. The summed E-state index contributed by atoms with van der Waals surface area (Å²) in [6.07, 6.45) is 1.57. The van der Waals surface area contributed by atoms with Crippen LogP contribution in [0.5, 0.6) is 0 Å². The number of H-pyrrole nitrogens is 2. The Hall–Kier alpha value is -2.46. The lowest BCUT2D eigenvalue weighted by Gasteiger charge is -2.09. The van der Waals surface area contributed by atoms with E-state index in [1.54, 1.807) is 0 Å². The van der Waals surface area contributed by atoms with Crippen LogP contribution in [-0.4, -0.2) is 9.97 Å². The number of hydrogen-bond acceptors (Lipinski definition) is 2. The highest BCUT2D eigenvalue weighted by Gasteiger charge is 2.11. The first-order valence-electron chi connectivity index (χ1n) is 7.66. The van der Waals surface area contributed by atoms with Gasteiger partial charge in [-0.3, -0.25) is 9.78 Å². The third-order valence-corrected chi connectivity index (χ3v) is 4.12. The Morgan fingerprint density at radius 2 is 1.57 bits per heavy atom. The summed E-state index contributed by atoms with van der Waals surface area (Å²) in [4.78, 5) is 18.2. The van der Waals surface area contributed by atoms with Gasteiger partial charge in [-0.15, -0.1) is 0 Å². The van der Waals surface area contributed by atoms with Crippen LogP contribution in [0.4, 0.5) is 0 Å². The molecule has 0 unspecified atom stereocenters. The molecular formula is C19H18N2OS. The van der Waals surface area contributed by atoms with Gasteiger partial charge in [-0.2, -0.15) is 0 Å². The Labute approximate surface area is 140 Å². The third-order valence-electron chi connectivity index (χ3n) is 3.92. The van der Waals surface area contributed by atoms with Gasteiger partial charge in [0.1, 0.15) is 0 Å². The predicted octanol–water partition coefficient (Wildman–Crippen LogP) is 4.25. The highest BCUT2D eigenvalue weighted by Crippen LogP contribution is 2.21. The summed E-state index contributed by atoms with van der Waals surface area (Å²) in [5.41, 5.74) is 4.72. The Morgan fingerprint density at radius 1 is 0.913 bits per heavy atom. The van der Waals surface area contributed by atoms with Crippen molar-refractivity contribution in [2.45, 2.75) is 19.8 Å². The van der Waals surface area contributed by atoms with Crippen LogP contribution < -0.4 is 5.56 Å². The molecule has 1 aromatic heterocycles. The van der Waals surface area contributed by atoms with E-state index in [1.165, 1.54) is 5.56 Å². The Balaban J connectivity index is 2.07. The minimum absolute atomic E-state index is 0.132. The van der Waals surface area contributed by atoms with Crippen molar-refractivity contribution in [3.05, 3.63) is 86.4 Å². The summed E-state index contributed by atoms with van der Waals surface area (Å²) in [5, 5.41) is 0. The molecule has 23 heavy (non-hydrogen) atoms. The zero-order chi connectivity index (χ0) is 16.2. The van der Waals surface area contributed by atoms with E-state index in [0.29, 0.717) is 16.8 Å². The maximum Gasteiger partial charge on any atom is 0.255 e. The van der Waals surface area contributed by atoms with Crippen molar-refractivity contribution in [1.82, 2.24) is 9.97 Å². The molecule has 0 amide bonds. The maximum atomic E-state index is 12.4. The maximum absolute atomic E-state index is 12.4. The van der Waals surface area contributed by atoms with Crippen molar-refractivity contribution >= 4 is 12.2 Å². The molecule has 2 aromatic carbocycles. The number of nitrogens with one attached hydrogen (secondary N) is 2. The lowest BCUT2D eigenvalue weighted by atomic mass is 9.99. The van der Waals surface area contributed by atoms with Gasteiger partial charge in [0.05, 0.1) is 5.69 Å². The Morgan fingerprint density at radius 3 is 2.22 bits per heavy atom. The first kappa shape index (κ1) is 15.4. The fourth-order valence-corrected chi connectivity index (χ4v) is 2.82. The molecule has 0 bridgehead atoms.